The molecule has 15 heteroatoms. The smallest absolute Gasteiger partial charge is 0.335 e. The minimum Gasteiger partial charge on any atom is -0.502 e. The van der Waals surface area contributed by atoms with Crippen LogP contribution in [0, 0.1) is 0 Å². The molecular weight excluding hydrogens is 648 g/mol. The third-order valence-corrected chi connectivity index (χ3v) is 8.20. The van der Waals surface area contributed by atoms with Gasteiger partial charge in [-0.25, -0.2) is 4.79 Å². The number of hydrogen-bond donors (Lipinski definition) is 5. The molecule has 0 saturated heterocycles. The first-order valence-corrected chi connectivity index (χ1v) is 15.0. The van der Waals surface area contributed by atoms with Crippen molar-refractivity contribution in [3.63, 3.8) is 0 Å². The van der Waals surface area contributed by atoms with Crippen LogP contribution in [-0.2, 0) is 38.8 Å². The fourth-order valence-electron chi connectivity index (χ4n) is 5.61. The molecule has 0 aromatic heterocycles. The Morgan fingerprint density at radius 1 is 0.571 bits per heavy atom. The van der Waals surface area contributed by atoms with Crippen molar-refractivity contribution in [2.45, 2.75) is 56.6 Å². The summed E-state index contributed by atoms with van der Waals surface area (Å²) in [7, 11) is 8.30. The Hall–Kier alpha value is -4.83. The van der Waals surface area contributed by atoms with Crippen molar-refractivity contribution in [1.82, 2.24) is 0 Å². The van der Waals surface area contributed by atoms with Crippen molar-refractivity contribution in [3.8, 4) is 51.7 Å². The first kappa shape index (κ1) is 37.0. The maximum absolute atomic E-state index is 12.4. The first-order valence-electron chi connectivity index (χ1n) is 15.0. The summed E-state index contributed by atoms with van der Waals surface area (Å²) in [4.78, 5) is 12.4. The number of rotatable bonds is 16. The number of hydrogen-bond acceptors (Lipinski definition) is 14. The van der Waals surface area contributed by atoms with Crippen LogP contribution in [0.5, 0.6) is 51.7 Å². The number of carboxylic acid groups (broad SMARTS) is 1. The van der Waals surface area contributed by atoms with E-state index in [1.807, 2.05) is 0 Å². The molecule has 3 aromatic rings. The van der Waals surface area contributed by atoms with E-state index in [1.54, 1.807) is 12.1 Å². The maximum atomic E-state index is 12.4. The van der Waals surface area contributed by atoms with E-state index >= 15 is 0 Å². The highest BCUT2D eigenvalue weighted by Gasteiger charge is 2.51. The van der Waals surface area contributed by atoms with E-state index in [0.717, 1.165) is 0 Å². The van der Waals surface area contributed by atoms with Gasteiger partial charge in [-0.2, -0.15) is 0 Å². The molecule has 1 aliphatic carbocycles. The molecule has 5 N–H and O–H groups in total. The third-order valence-electron chi connectivity index (χ3n) is 8.20. The minimum absolute atomic E-state index is 0.0788. The molecule has 0 bridgehead atoms. The highest BCUT2D eigenvalue weighted by Crippen LogP contribution is 2.42. The van der Waals surface area contributed by atoms with Crippen LogP contribution in [0.4, 0.5) is 0 Å². The average Bonchev–Trinajstić information content (AvgIpc) is 3.10. The molecule has 4 rings (SSSR count). The Bertz CT molecular complexity index is 1460. The molecule has 0 spiro atoms. The summed E-state index contributed by atoms with van der Waals surface area (Å²) < 4.78 is 50.4. The minimum atomic E-state index is -2.26. The predicted octanol–water partition coefficient (Wildman–Crippen LogP) is 3.52. The fraction of sp³-hybridized carbons (Fsp3) is 0.441. The second-order valence-electron chi connectivity index (χ2n) is 11.3. The molecule has 0 heterocycles. The van der Waals surface area contributed by atoms with Gasteiger partial charge in [-0.05, 0) is 53.1 Å². The van der Waals surface area contributed by atoms with E-state index < -0.39 is 29.9 Å². The Labute approximate surface area is 283 Å². The van der Waals surface area contributed by atoms with Crippen LogP contribution >= 0.6 is 0 Å². The number of carboxylic acids is 1. The van der Waals surface area contributed by atoms with E-state index in [4.69, 9.17) is 42.6 Å². The Morgan fingerprint density at radius 3 is 1.08 bits per heavy atom. The lowest BCUT2D eigenvalue weighted by Crippen LogP contribution is -2.58. The van der Waals surface area contributed by atoms with E-state index in [-0.39, 0.29) is 84.4 Å². The summed E-state index contributed by atoms with van der Waals surface area (Å²) in [6.07, 6.45) is -3.76. The Kier molecular flexibility index (Phi) is 12.1. The number of ether oxygens (including phenoxy) is 9. The van der Waals surface area contributed by atoms with Crippen molar-refractivity contribution >= 4 is 5.97 Å². The quantitative estimate of drug-likeness (QED) is 0.146. The van der Waals surface area contributed by atoms with Crippen molar-refractivity contribution in [2.24, 2.45) is 0 Å². The predicted molar refractivity (Wildman–Crippen MR) is 171 cm³/mol. The van der Waals surface area contributed by atoms with Gasteiger partial charge in [-0.15, -0.1) is 0 Å². The molecule has 0 amide bonds. The molecule has 0 aliphatic heterocycles. The van der Waals surface area contributed by atoms with Gasteiger partial charge in [0, 0.05) is 12.8 Å². The number of methoxy groups -OCH3 is 6. The summed E-state index contributed by atoms with van der Waals surface area (Å²) in [5.74, 6) is -1.25. The lowest BCUT2D eigenvalue weighted by Gasteiger charge is -2.43. The molecule has 49 heavy (non-hydrogen) atoms. The van der Waals surface area contributed by atoms with Crippen molar-refractivity contribution < 1.29 is 73.0 Å². The van der Waals surface area contributed by atoms with Gasteiger partial charge in [-0.3, -0.25) is 0 Å². The fourth-order valence-corrected chi connectivity index (χ4v) is 5.61. The van der Waals surface area contributed by atoms with E-state index in [0.29, 0.717) is 16.7 Å². The monoisotopic (exact) mass is 690 g/mol. The molecule has 1 aliphatic rings. The largest absolute Gasteiger partial charge is 0.502 e. The molecule has 15 nitrogen and oxygen atoms in total. The standard InChI is InChI=1S/C34H42O15/c1-41-21-7-18(8-22(42-2)29(21)35)15-47-27-13-34(40,33(38)39)14-28(48-16-19-9-23(43-3)30(36)24(10-19)44-4)32(27)49-17-20-11-25(45-5)31(37)26(12-20)46-6/h7-12,27-28,32,35-37,40H,13-17H2,1-6H3,(H,38,39)/t27-,28-,32?,34?/m1/s1. The second kappa shape index (κ2) is 16.0. The molecular formula is C34H42O15. The topological polar surface area (TPSA) is 201 Å². The Balaban J connectivity index is 1.70. The number of benzene rings is 3. The van der Waals surface area contributed by atoms with E-state index in [9.17, 15) is 30.3 Å². The third kappa shape index (κ3) is 8.25. The van der Waals surface area contributed by atoms with Gasteiger partial charge >= 0.3 is 5.97 Å². The van der Waals surface area contributed by atoms with Gasteiger partial charge in [0.05, 0.1) is 74.7 Å². The number of aromatic hydroxyl groups is 3. The van der Waals surface area contributed by atoms with Crippen LogP contribution in [0.3, 0.4) is 0 Å². The summed E-state index contributed by atoms with van der Waals surface area (Å²) in [5, 5.41) is 52.5. The number of carbonyl (C=O) groups is 1. The average molecular weight is 691 g/mol. The number of aliphatic carboxylic acids is 1. The van der Waals surface area contributed by atoms with E-state index in [2.05, 4.69) is 0 Å². The second-order valence-corrected chi connectivity index (χ2v) is 11.3. The van der Waals surface area contributed by atoms with Gasteiger partial charge in [0.15, 0.2) is 40.1 Å². The van der Waals surface area contributed by atoms with Gasteiger partial charge in [0.2, 0.25) is 17.2 Å². The zero-order valence-electron chi connectivity index (χ0n) is 28.1. The van der Waals surface area contributed by atoms with Gasteiger partial charge < -0.3 is 68.2 Å². The van der Waals surface area contributed by atoms with Crippen LogP contribution in [0.1, 0.15) is 29.5 Å². The number of phenols is 3. The molecule has 0 unspecified atom stereocenters. The molecule has 268 valence electrons. The van der Waals surface area contributed by atoms with Crippen molar-refractivity contribution in [1.29, 1.82) is 0 Å². The van der Waals surface area contributed by atoms with Crippen LogP contribution in [0.2, 0.25) is 0 Å². The highest BCUT2D eigenvalue weighted by atomic mass is 16.6. The lowest BCUT2D eigenvalue weighted by molar-refractivity contribution is -0.218. The van der Waals surface area contributed by atoms with Gasteiger partial charge in [0.1, 0.15) is 6.10 Å². The maximum Gasteiger partial charge on any atom is 0.335 e. The number of phenolic OH excluding ortho intramolecular Hbond substituents is 3. The zero-order chi connectivity index (χ0) is 35.9. The van der Waals surface area contributed by atoms with Crippen molar-refractivity contribution in [3.05, 3.63) is 53.1 Å². The normalized spacial score (nSPS) is 20.3. The van der Waals surface area contributed by atoms with E-state index in [1.165, 1.54) is 66.9 Å². The van der Waals surface area contributed by atoms with Gasteiger partial charge in [-0.1, -0.05) is 0 Å². The summed E-state index contributed by atoms with van der Waals surface area (Å²) in [5.41, 5.74) is -0.676. The van der Waals surface area contributed by atoms with Crippen molar-refractivity contribution in [2.75, 3.05) is 42.7 Å². The van der Waals surface area contributed by atoms with Crippen LogP contribution < -0.4 is 28.4 Å². The lowest BCUT2D eigenvalue weighted by atomic mass is 9.79. The molecule has 3 aromatic carbocycles. The molecule has 1 fully saturated rings. The highest BCUT2D eigenvalue weighted by molar-refractivity contribution is 5.77. The molecule has 0 radical (unpaired) electrons. The molecule has 2 atom stereocenters. The first-order chi connectivity index (χ1) is 23.4. The van der Waals surface area contributed by atoms with Gasteiger partial charge in [0.25, 0.3) is 0 Å². The van der Waals surface area contributed by atoms with Crippen LogP contribution in [0.25, 0.3) is 0 Å². The Morgan fingerprint density at radius 2 is 0.837 bits per heavy atom. The zero-order valence-corrected chi connectivity index (χ0v) is 28.1. The summed E-state index contributed by atoms with van der Waals surface area (Å²) in [6.45, 7) is -0.315. The van der Waals surface area contributed by atoms with Crippen LogP contribution in [-0.4, -0.2) is 98.1 Å². The summed E-state index contributed by atoms with van der Waals surface area (Å²) in [6, 6.07) is 9.26. The molecule has 1 saturated carbocycles. The SMILES string of the molecule is COc1cc(COC2[C@H](OCc3cc(OC)c(O)c(OC)c3)CC(O)(C(=O)O)C[C@H]2OCc2cc(OC)c(O)c(OC)c2)cc(OC)c1O. The van der Waals surface area contributed by atoms with Crippen LogP contribution in [0.15, 0.2) is 36.4 Å². The summed E-state index contributed by atoms with van der Waals surface area (Å²) >= 11 is 0. The number of aliphatic hydroxyl groups is 1.